The molecule has 8 heteroatoms. The van der Waals surface area contributed by atoms with Crippen molar-refractivity contribution in [3.8, 4) is 0 Å². The van der Waals surface area contributed by atoms with Gasteiger partial charge in [-0.1, -0.05) is 0 Å². The van der Waals surface area contributed by atoms with Gasteiger partial charge in [0, 0.05) is 13.3 Å². The van der Waals surface area contributed by atoms with Crippen LogP contribution in [-0.2, 0) is 22.5 Å². The number of hydrogen-bond donors (Lipinski definition) is 1. The number of rotatable bonds is 0. The van der Waals surface area contributed by atoms with Crippen LogP contribution >= 0.6 is 15.2 Å². The van der Waals surface area contributed by atoms with Crippen molar-refractivity contribution in [2.45, 2.75) is 25.6 Å². The summed E-state index contributed by atoms with van der Waals surface area (Å²) in [6, 6.07) is 0. The summed E-state index contributed by atoms with van der Waals surface area (Å²) in [5.74, 6) is 0. The van der Waals surface area contributed by atoms with E-state index in [2.05, 4.69) is 0 Å². The minimum atomic E-state index is -3.49. The molecule has 1 N–H and O–H groups in total. The zero-order valence-electron chi connectivity index (χ0n) is 9.17. The third-order valence-corrected chi connectivity index (χ3v) is 5.76. The summed E-state index contributed by atoms with van der Waals surface area (Å²) in [5, 5.41) is 9.66. The minimum absolute atomic E-state index is 0.180. The Bertz CT molecular complexity index is 338. The monoisotopic (exact) mass is 258 g/mol. The molecule has 1 saturated heterocycles. The fourth-order valence-corrected chi connectivity index (χ4v) is 5.07. The van der Waals surface area contributed by atoms with Gasteiger partial charge in [0.05, 0.1) is 6.61 Å². The van der Waals surface area contributed by atoms with Gasteiger partial charge < -0.3 is 9.63 Å². The Morgan fingerprint density at radius 3 is 2.33 bits per heavy atom. The largest absolute Gasteiger partial charge is 0.388 e. The van der Waals surface area contributed by atoms with Crippen molar-refractivity contribution in [2.24, 2.45) is 0 Å². The zero-order valence-corrected chi connectivity index (χ0v) is 11.0. The molecule has 1 fully saturated rings. The molecule has 0 aromatic carbocycles. The molecule has 1 aliphatic heterocycles. The molecule has 90 valence electrons. The average molecular weight is 258 g/mol. The Morgan fingerprint density at radius 1 is 1.27 bits per heavy atom. The van der Waals surface area contributed by atoms with Crippen molar-refractivity contribution in [1.29, 1.82) is 0 Å². The van der Waals surface area contributed by atoms with Crippen LogP contribution in [0, 0.1) is 0 Å². The molecule has 3 atom stereocenters. The molecule has 0 spiro atoms. The predicted molar refractivity (Wildman–Crippen MR) is 55.3 cm³/mol. The summed E-state index contributed by atoms with van der Waals surface area (Å²) >= 11 is 0. The Labute approximate surface area is 89.0 Å². The van der Waals surface area contributed by atoms with Crippen molar-refractivity contribution in [1.82, 2.24) is 0 Å². The molecule has 0 aromatic heterocycles. The molecular weight excluding hydrogens is 242 g/mol. The zero-order chi connectivity index (χ0) is 11.9. The normalized spacial score (nSPS) is 46.9. The highest BCUT2D eigenvalue weighted by Gasteiger charge is 2.42. The fourth-order valence-electron chi connectivity index (χ4n) is 1.20. The lowest BCUT2D eigenvalue weighted by atomic mass is 10.0. The van der Waals surface area contributed by atoms with E-state index in [1.165, 1.54) is 13.3 Å². The van der Waals surface area contributed by atoms with Gasteiger partial charge in [-0.2, -0.15) is 0 Å². The molecular formula is C7H16O6P2. The quantitative estimate of drug-likeness (QED) is 0.667. The summed E-state index contributed by atoms with van der Waals surface area (Å²) < 4.78 is 38.2. The number of aliphatic hydroxyl groups is 1. The minimum Gasteiger partial charge on any atom is -0.388 e. The van der Waals surface area contributed by atoms with E-state index in [1.807, 2.05) is 0 Å². The first-order chi connectivity index (χ1) is 6.54. The molecule has 1 aliphatic rings. The van der Waals surface area contributed by atoms with Gasteiger partial charge in [-0.15, -0.1) is 0 Å². The van der Waals surface area contributed by atoms with E-state index in [1.54, 1.807) is 13.8 Å². The van der Waals surface area contributed by atoms with E-state index in [9.17, 15) is 14.2 Å². The van der Waals surface area contributed by atoms with Crippen LogP contribution in [-0.4, -0.2) is 36.7 Å². The molecule has 3 unspecified atom stereocenters. The molecule has 0 aromatic rings. The van der Waals surface area contributed by atoms with Gasteiger partial charge in [0.15, 0.2) is 0 Å². The van der Waals surface area contributed by atoms with Crippen LogP contribution in [0.15, 0.2) is 0 Å². The van der Waals surface area contributed by atoms with Crippen molar-refractivity contribution in [3.05, 3.63) is 0 Å². The van der Waals surface area contributed by atoms with E-state index >= 15 is 0 Å². The van der Waals surface area contributed by atoms with Gasteiger partial charge in [0.1, 0.15) is 11.7 Å². The van der Waals surface area contributed by atoms with Crippen LogP contribution in [0.2, 0.25) is 0 Å². The maximum Gasteiger partial charge on any atom is 0.335 e. The van der Waals surface area contributed by atoms with Gasteiger partial charge in [0.2, 0.25) is 0 Å². The molecule has 15 heavy (non-hydrogen) atoms. The lowest BCUT2D eigenvalue weighted by Gasteiger charge is -2.36. The highest BCUT2D eigenvalue weighted by atomic mass is 31.3. The van der Waals surface area contributed by atoms with Crippen LogP contribution in [0.4, 0.5) is 0 Å². The summed E-state index contributed by atoms with van der Waals surface area (Å²) in [6.07, 6.45) is -1.01. The maximum atomic E-state index is 11.8. The average Bonchev–Trinajstić information content (AvgIpc) is 1.94. The number of aliphatic hydroxyl groups excluding tert-OH is 1. The summed E-state index contributed by atoms with van der Waals surface area (Å²) in [4.78, 5) is 0. The Hall–Kier alpha value is 0.300. The molecule has 1 heterocycles. The fraction of sp³-hybridized carbons (Fsp3) is 1.00. The highest BCUT2D eigenvalue weighted by molar-refractivity contribution is 7.66. The highest BCUT2D eigenvalue weighted by Crippen LogP contribution is 2.63. The van der Waals surface area contributed by atoms with E-state index in [4.69, 9.17) is 13.4 Å². The first-order valence-corrected chi connectivity index (χ1v) is 8.42. The Morgan fingerprint density at radius 2 is 1.80 bits per heavy atom. The predicted octanol–water partition coefficient (Wildman–Crippen LogP) is 1.84. The Kier molecular flexibility index (Phi) is 3.52. The van der Waals surface area contributed by atoms with Gasteiger partial charge >= 0.3 is 15.2 Å². The van der Waals surface area contributed by atoms with Gasteiger partial charge in [-0.25, -0.2) is 4.31 Å². The second-order valence-electron chi connectivity index (χ2n) is 4.13. The van der Waals surface area contributed by atoms with Crippen LogP contribution in [0.25, 0.3) is 0 Å². The standard InChI is InChI=1S/C7H16O6P2/c1-7(2)6(8)5-11-14(3,9)13-15(4,10)12-7/h6,8H,5H2,1-4H3. The lowest BCUT2D eigenvalue weighted by Crippen LogP contribution is -2.42. The van der Waals surface area contributed by atoms with Gasteiger partial charge in [0.25, 0.3) is 0 Å². The van der Waals surface area contributed by atoms with E-state index in [-0.39, 0.29) is 6.61 Å². The van der Waals surface area contributed by atoms with Crippen LogP contribution < -0.4 is 0 Å². The lowest BCUT2D eigenvalue weighted by molar-refractivity contribution is -0.0613. The van der Waals surface area contributed by atoms with E-state index in [0.29, 0.717) is 0 Å². The summed E-state index contributed by atoms with van der Waals surface area (Å²) in [5.41, 5.74) is -1.06. The summed E-state index contributed by atoms with van der Waals surface area (Å²) in [6.45, 7) is 5.34. The first-order valence-electron chi connectivity index (χ1n) is 4.44. The van der Waals surface area contributed by atoms with Crippen molar-refractivity contribution in [3.63, 3.8) is 0 Å². The van der Waals surface area contributed by atoms with Crippen LogP contribution in [0.3, 0.4) is 0 Å². The third kappa shape index (κ3) is 3.66. The molecule has 1 rings (SSSR count). The van der Waals surface area contributed by atoms with Crippen molar-refractivity contribution >= 4 is 15.2 Å². The van der Waals surface area contributed by atoms with Crippen LogP contribution in [0.1, 0.15) is 13.8 Å². The molecule has 0 bridgehead atoms. The smallest absolute Gasteiger partial charge is 0.335 e. The van der Waals surface area contributed by atoms with E-state index in [0.717, 1.165) is 0 Å². The second-order valence-corrected chi connectivity index (χ2v) is 8.31. The number of hydrogen-bond acceptors (Lipinski definition) is 6. The third-order valence-electron chi connectivity index (χ3n) is 1.97. The van der Waals surface area contributed by atoms with Gasteiger partial charge in [-0.3, -0.25) is 13.7 Å². The maximum absolute atomic E-state index is 11.8. The Balaban J connectivity index is 2.98. The van der Waals surface area contributed by atoms with E-state index < -0.39 is 26.9 Å². The topological polar surface area (TPSA) is 82.1 Å². The van der Waals surface area contributed by atoms with Crippen LogP contribution in [0.5, 0.6) is 0 Å². The molecule has 6 nitrogen and oxygen atoms in total. The molecule has 0 saturated carbocycles. The molecule has 0 radical (unpaired) electrons. The van der Waals surface area contributed by atoms with Crippen molar-refractivity contribution in [2.75, 3.05) is 19.9 Å². The molecule has 0 amide bonds. The molecule has 0 aliphatic carbocycles. The summed E-state index contributed by atoms with van der Waals surface area (Å²) in [7, 11) is -6.91. The van der Waals surface area contributed by atoms with Crippen molar-refractivity contribution < 1.29 is 27.6 Å². The SMILES string of the molecule is CC1(C)OP(C)(=O)OP(C)(=O)OCC1O. The first kappa shape index (κ1) is 13.4. The second kappa shape index (κ2) is 3.95. The van der Waals surface area contributed by atoms with Gasteiger partial charge in [-0.05, 0) is 13.8 Å².